The average Bonchev–Trinajstić information content (AvgIpc) is 2.87. The van der Waals surface area contributed by atoms with Crippen molar-refractivity contribution in [2.45, 2.75) is 30.2 Å². The Morgan fingerprint density at radius 1 is 1.25 bits per heavy atom. The van der Waals surface area contributed by atoms with Crippen LogP contribution in [0.15, 0.2) is 53.1 Å². The van der Waals surface area contributed by atoms with Crippen molar-refractivity contribution < 1.29 is 39.4 Å². The molecule has 0 aliphatic heterocycles. The van der Waals surface area contributed by atoms with Crippen LogP contribution >= 0.6 is 0 Å². The van der Waals surface area contributed by atoms with E-state index in [9.17, 15) is 39.4 Å². The van der Waals surface area contributed by atoms with Gasteiger partial charge in [0.25, 0.3) is 5.91 Å². The molecule has 1 amide bonds. The second-order valence-electron chi connectivity index (χ2n) is 10.7. The smallest absolute Gasteiger partial charge is 0.255 e. The summed E-state index contributed by atoms with van der Waals surface area (Å²) in [6.07, 6.45) is 3.14. The summed E-state index contributed by atoms with van der Waals surface area (Å²) in [5, 5.41) is 45.3. The minimum absolute atomic E-state index is 0.0189. The quantitative estimate of drug-likeness (QED) is 0.257. The summed E-state index contributed by atoms with van der Waals surface area (Å²) in [7, 11) is 3.15. The first-order valence-corrected chi connectivity index (χ1v) is 14.3. The van der Waals surface area contributed by atoms with Gasteiger partial charge in [-0.05, 0) is 56.6 Å². The zero-order valence-electron chi connectivity index (χ0n) is 22.0. The molecule has 3 aliphatic rings. The molecule has 2 aromatic rings. The van der Waals surface area contributed by atoms with Crippen molar-refractivity contribution in [1.82, 2.24) is 9.88 Å². The number of hydrogen-bond acceptors (Lipinski definition) is 10. The van der Waals surface area contributed by atoms with Gasteiger partial charge in [0.2, 0.25) is 5.78 Å². The molecule has 40 heavy (non-hydrogen) atoms. The molecule has 0 saturated carbocycles. The molecule has 1 unspecified atom stereocenters. The van der Waals surface area contributed by atoms with Crippen LogP contribution < -0.4 is 5.73 Å². The Morgan fingerprint density at radius 3 is 2.52 bits per heavy atom. The number of fused-ring (bicyclic) bond motifs is 3. The molecule has 0 saturated heterocycles. The first-order chi connectivity index (χ1) is 18.8. The lowest BCUT2D eigenvalue weighted by atomic mass is 9.58. The zero-order chi connectivity index (χ0) is 29.3. The van der Waals surface area contributed by atoms with E-state index in [1.165, 1.54) is 11.2 Å². The van der Waals surface area contributed by atoms with E-state index in [2.05, 4.69) is 4.98 Å². The number of amides is 1. The van der Waals surface area contributed by atoms with E-state index < -0.39 is 75.0 Å². The predicted octanol–water partition coefficient (Wildman–Crippen LogP) is 1.06. The fraction of sp³-hybridized carbons (Fsp3) is 0.357. The van der Waals surface area contributed by atoms with Crippen LogP contribution in [0.5, 0.6) is 5.75 Å². The SMILES string of the molecule is CN(C)[C@@H]1C(O)=C(C(N)=O)C(=O)[C@@]2(O)C(O)=C3C(=O)c4c(O)c(C[S+](C)[O-])cc(-c5ccccn5)c4C[C@H]3C[C@@H]12. The Hall–Kier alpha value is -3.71. The first kappa shape index (κ1) is 27.8. The van der Waals surface area contributed by atoms with Crippen LogP contribution in [0, 0.1) is 11.8 Å². The molecular weight excluding hydrogens is 538 g/mol. The van der Waals surface area contributed by atoms with Gasteiger partial charge in [0.05, 0.1) is 23.6 Å². The number of aliphatic hydroxyl groups excluding tert-OH is 2. The normalized spacial score (nSPS) is 26.9. The monoisotopic (exact) mass is 567 g/mol. The summed E-state index contributed by atoms with van der Waals surface area (Å²) in [4.78, 5) is 45.5. The van der Waals surface area contributed by atoms with Crippen molar-refractivity contribution in [2.75, 3.05) is 20.4 Å². The third-order valence-corrected chi connectivity index (χ3v) is 8.82. The third-order valence-electron chi connectivity index (χ3n) is 8.10. The van der Waals surface area contributed by atoms with Gasteiger partial charge in [-0.25, -0.2) is 0 Å². The number of nitrogens with zero attached hydrogens (tertiary/aromatic N) is 2. The van der Waals surface area contributed by atoms with E-state index in [4.69, 9.17) is 5.73 Å². The number of aliphatic hydroxyl groups is 3. The van der Waals surface area contributed by atoms with Crippen molar-refractivity contribution >= 4 is 28.6 Å². The van der Waals surface area contributed by atoms with E-state index in [0.717, 1.165) is 0 Å². The molecule has 1 heterocycles. The number of pyridine rings is 1. The number of phenolic OH excluding ortho intramolecular Hbond substituents is 1. The number of allylic oxidation sites excluding steroid dienone is 1. The van der Waals surface area contributed by atoms with Crippen molar-refractivity contribution in [3.8, 4) is 17.0 Å². The van der Waals surface area contributed by atoms with Gasteiger partial charge in [-0.15, -0.1) is 0 Å². The van der Waals surface area contributed by atoms with Gasteiger partial charge >= 0.3 is 0 Å². The molecule has 0 bridgehead atoms. The second kappa shape index (κ2) is 9.73. The lowest BCUT2D eigenvalue weighted by Crippen LogP contribution is -2.63. The van der Waals surface area contributed by atoms with Gasteiger partial charge in [-0.1, -0.05) is 17.2 Å². The summed E-state index contributed by atoms with van der Waals surface area (Å²) in [6.45, 7) is 0. The van der Waals surface area contributed by atoms with Crippen LogP contribution in [-0.4, -0.2) is 84.3 Å². The number of carbonyl (C=O) groups excluding carboxylic acids is 3. The zero-order valence-corrected chi connectivity index (χ0v) is 22.9. The summed E-state index contributed by atoms with van der Waals surface area (Å²) in [6, 6.07) is 5.81. The highest BCUT2D eigenvalue weighted by Crippen LogP contribution is 2.53. The number of benzene rings is 1. The molecule has 0 radical (unpaired) electrons. The Kier molecular flexibility index (Phi) is 6.78. The maximum absolute atomic E-state index is 14.1. The predicted molar refractivity (Wildman–Crippen MR) is 145 cm³/mol. The largest absolute Gasteiger partial charge is 0.616 e. The summed E-state index contributed by atoms with van der Waals surface area (Å²) >= 11 is -1.37. The lowest BCUT2D eigenvalue weighted by Gasteiger charge is -2.50. The van der Waals surface area contributed by atoms with Gasteiger partial charge in [-0.3, -0.25) is 24.3 Å². The molecule has 1 aromatic carbocycles. The van der Waals surface area contributed by atoms with Crippen molar-refractivity contribution in [2.24, 2.45) is 17.6 Å². The molecule has 11 nitrogen and oxygen atoms in total. The molecule has 0 spiro atoms. The Labute approximate surface area is 232 Å². The first-order valence-electron chi connectivity index (χ1n) is 12.5. The van der Waals surface area contributed by atoms with Gasteiger partial charge in [-0.2, -0.15) is 0 Å². The molecule has 0 fully saturated rings. The van der Waals surface area contributed by atoms with Gasteiger partial charge in [0.15, 0.2) is 11.4 Å². The number of aromatic hydroxyl groups is 1. The second-order valence-corrected chi connectivity index (χ2v) is 12.1. The summed E-state index contributed by atoms with van der Waals surface area (Å²) in [5.41, 5.74) is 3.17. The number of aromatic nitrogens is 1. The van der Waals surface area contributed by atoms with Crippen LogP contribution in [0.25, 0.3) is 11.3 Å². The van der Waals surface area contributed by atoms with Crippen molar-refractivity contribution in [3.05, 3.63) is 69.8 Å². The van der Waals surface area contributed by atoms with Crippen molar-refractivity contribution in [3.63, 3.8) is 0 Å². The van der Waals surface area contributed by atoms with Crippen LogP contribution in [0.3, 0.4) is 0 Å². The van der Waals surface area contributed by atoms with Crippen molar-refractivity contribution in [1.29, 1.82) is 0 Å². The highest BCUT2D eigenvalue weighted by Gasteiger charge is 2.63. The maximum atomic E-state index is 14.1. The lowest BCUT2D eigenvalue weighted by molar-refractivity contribution is -0.148. The highest BCUT2D eigenvalue weighted by molar-refractivity contribution is 7.89. The third kappa shape index (κ3) is 3.93. The molecule has 6 N–H and O–H groups in total. The number of carbonyl (C=O) groups is 3. The number of hydrogen-bond donors (Lipinski definition) is 5. The van der Waals surface area contributed by atoms with Crippen LogP contribution in [0.1, 0.15) is 27.9 Å². The topological polar surface area (TPSA) is 197 Å². The molecular formula is C28H29N3O8S. The standard InChI is InChI=1S/C28H29N3O8S/c1-31(2)21-16-10-12-8-15-14(17-6-4-5-7-30-17)9-13(11-40(3)39)22(32)19(15)23(33)18(12)25(35)28(16,38)26(36)20(24(21)34)27(29)37/h4-7,9,12,16,21,32,34-35,38H,8,10-11H2,1-3H3,(H2,29,37)/t12-,16-,21-,28-,40?/m0/s1. The fourth-order valence-electron chi connectivity index (χ4n) is 6.45. The van der Waals surface area contributed by atoms with Crippen LogP contribution in [0.4, 0.5) is 0 Å². The number of phenols is 1. The number of nitrogens with two attached hydrogens (primary N) is 1. The molecule has 5 atom stereocenters. The molecule has 12 heteroatoms. The Bertz CT molecular complexity index is 1520. The van der Waals surface area contributed by atoms with Gasteiger partial charge in [0.1, 0.15) is 28.6 Å². The van der Waals surface area contributed by atoms with E-state index in [-0.39, 0.29) is 35.3 Å². The summed E-state index contributed by atoms with van der Waals surface area (Å²) < 4.78 is 12.1. The Morgan fingerprint density at radius 2 is 1.95 bits per heavy atom. The molecule has 210 valence electrons. The number of primary amides is 1. The summed E-state index contributed by atoms with van der Waals surface area (Å²) in [5.74, 6) is -7.22. The van der Waals surface area contributed by atoms with Crippen LogP contribution in [-0.2, 0) is 32.9 Å². The minimum Gasteiger partial charge on any atom is -0.616 e. The molecule has 5 rings (SSSR count). The fourth-order valence-corrected chi connectivity index (χ4v) is 7.11. The number of rotatable bonds is 5. The number of ketones is 2. The highest BCUT2D eigenvalue weighted by atomic mass is 32.2. The Balaban J connectivity index is 1.76. The maximum Gasteiger partial charge on any atom is 0.255 e. The van der Waals surface area contributed by atoms with Gasteiger partial charge < -0.3 is 30.7 Å². The van der Waals surface area contributed by atoms with E-state index in [1.54, 1.807) is 44.6 Å². The van der Waals surface area contributed by atoms with E-state index in [1.807, 2.05) is 0 Å². The average molecular weight is 568 g/mol. The minimum atomic E-state index is -2.72. The van der Waals surface area contributed by atoms with E-state index in [0.29, 0.717) is 16.8 Å². The van der Waals surface area contributed by atoms with Gasteiger partial charge in [0, 0.05) is 28.8 Å². The number of Topliss-reactive ketones (excluding diaryl/α,β-unsaturated/α-hetero) is 2. The number of likely N-dealkylation sites (N-methyl/N-ethyl adjacent to an activating group) is 1. The van der Waals surface area contributed by atoms with Crippen LogP contribution in [0.2, 0.25) is 0 Å². The van der Waals surface area contributed by atoms with E-state index >= 15 is 0 Å². The molecule has 1 aromatic heterocycles. The molecule has 3 aliphatic carbocycles.